The third-order valence-electron chi connectivity index (χ3n) is 3.71. The highest BCUT2D eigenvalue weighted by atomic mass is 16.5. The Morgan fingerprint density at radius 2 is 2.21 bits per heavy atom. The summed E-state index contributed by atoms with van der Waals surface area (Å²) in [6.07, 6.45) is 2.14. The summed E-state index contributed by atoms with van der Waals surface area (Å²) in [4.78, 5) is 0. The Bertz CT molecular complexity index is 605. The molecule has 1 aromatic carbocycles. The number of ether oxygens (including phenoxy) is 1. The second-order valence-electron chi connectivity index (χ2n) is 5.14. The molecule has 1 aliphatic heterocycles. The van der Waals surface area contributed by atoms with Gasteiger partial charge in [-0.2, -0.15) is 0 Å². The van der Waals surface area contributed by atoms with E-state index in [4.69, 9.17) is 10.5 Å². The number of anilines is 1. The molecule has 1 unspecified atom stereocenters. The van der Waals surface area contributed by atoms with E-state index in [9.17, 15) is 0 Å². The Kier molecular flexibility index (Phi) is 2.89. The zero-order valence-electron chi connectivity index (χ0n) is 11.3. The summed E-state index contributed by atoms with van der Waals surface area (Å²) in [5.41, 5.74) is 7.66. The molecule has 0 aliphatic carbocycles. The first-order chi connectivity index (χ1) is 9.19. The molecule has 1 aromatic heterocycles. The van der Waals surface area contributed by atoms with Crippen molar-refractivity contribution in [2.45, 2.75) is 26.3 Å². The monoisotopic (exact) mass is 258 g/mol. The summed E-state index contributed by atoms with van der Waals surface area (Å²) in [7, 11) is 1.65. The van der Waals surface area contributed by atoms with Gasteiger partial charge in [-0.1, -0.05) is 6.92 Å². The van der Waals surface area contributed by atoms with Crippen molar-refractivity contribution in [2.24, 2.45) is 5.92 Å². The quantitative estimate of drug-likeness (QED) is 0.838. The molecule has 0 amide bonds. The second-order valence-corrected chi connectivity index (χ2v) is 5.14. The van der Waals surface area contributed by atoms with Gasteiger partial charge in [-0.25, -0.2) is 0 Å². The van der Waals surface area contributed by atoms with Crippen LogP contribution in [0.4, 0.5) is 5.69 Å². The van der Waals surface area contributed by atoms with Crippen molar-refractivity contribution < 1.29 is 4.74 Å². The Hall–Kier alpha value is -2.04. The van der Waals surface area contributed by atoms with Gasteiger partial charge >= 0.3 is 0 Å². The first-order valence-electron chi connectivity index (χ1n) is 6.55. The standard InChI is InChI=1S/C14H18N4O/c1-9-5-6-18-13(7-9)16-17-14(18)11-8-10(19-2)3-4-12(11)15/h3-4,8-9H,5-7,15H2,1-2H3. The van der Waals surface area contributed by atoms with Crippen molar-refractivity contribution in [3.05, 3.63) is 24.0 Å². The number of aromatic nitrogens is 3. The first kappa shape index (κ1) is 12.0. The van der Waals surface area contributed by atoms with Crippen LogP contribution in [0.25, 0.3) is 11.4 Å². The van der Waals surface area contributed by atoms with E-state index < -0.39 is 0 Å². The van der Waals surface area contributed by atoms with Crippen LogP contribution in [-0.2, 0) is 13.0 Å². The van der Waals surface area contributed by atoms with Gasteiger partial charge in [0.2, 0.25) is 0 Å². The average molecular weight is 258 g/mol. The maximum Gasteiger partial charge on any atom is 0.166 e. The minimum atomic E-state index is 0.673. The third-order valence-corrected chi connectivity index (χ3v) is 3.71. The number of nitrogens with zero attached hydrogens (tertiary/aromatic N) is 3. The number of nitrogens with two attached hydrogens (primary N) is 1. The molecular formula is C14H18N4O. The van der Waals surface area contributed by atoms with Crippen LogP contribution in [0.5, 0.6) is 5.75 Å². The van der Waals surface area contributed by atoms with Gasteiger partial charge in [0, 0.05) is 24.2 Å². The Labute approximate surface area is 112 Å². The summed E-state index contributed by atoms with van der Waals surface area (Å²) in [6.45, 7) is 3.20. The number of hydrogen-bond acceptors (Lipinski definition) is 4. The summed E-state index contributed by atoms with van der Waals surface area (Å²) >= 11 is 0. The van der Waals surface area contributed by atoms with Gasteiger partial charge in [-0.15, -0.1) is 10.2 Å². The van der Waals surface area contributed by atoms with Crippen LogP contribution in [0.1, 0.15) is 19.2 Å². The first-order valence-corrected chi connectivity index (χ1v) is 6.55. The molecule has 0 saturated heterocycles. The molecule has 0 fully saturated rings. The summed E-state index contributed by atoms with van der Waals surface area (Å²) in [5, 5.41) is 8.61. The number of methoxy groups -OCH3 is 1. The van der Waals surface area contributed by atoms with Crippen LogP contribution >= 0.6 is 0 Å². The van der Waals surface area contributed by atoms with Gasteiger partial charge in [-0.3, -0.25) is 0 Å². The second kappa shape index (κ2) is 4.57. The predicted molar refractivity (Wildman–Crippen MR) is 73.9 cm³/mol. The highest BCUT2D eigenvalue weighted by Gasteiger charge is 2.22. The van der Waals surface area contributed by atoms with E-state index in [2.05, 4.69) is 21.7 Å². The Morgan fingerprint density at radius 1 is 1.37 bits per heavy atom. The van der Waals surface area contributed by atoms with Crippen LogP contribution in [0, 0.1) is 5.92 Å². The number of rotatable bonds is 2. The van der Waals surface area contributed by atoms with Gasteiger partial charge in [0.05, 0.1) is 7.11 Å². The van der Waals surface area contributed by atoms with Gasteiger partial charge in [0.1, 0.15) is 11.6 Å². The molecule has 0 spiro atoms. The van der Waals surface area contributed by atoms with Gasteiger partial charge < -0.3 is 15.0 Å². The Balaban J connectivity index is 2.08. The van der Waals surface area contributed by atoms with Crippen LogP contribution in [-0.4, -0.2) is 21.9 Å². The van der Waals surface area contributed by atoms with Crippen molar-refractivity contribution in [3.8, 4) is 17.1 Å². The van der Waals surface area contributed by atoms with E-state index in [0.717, 1.165) is 42.3 Å². The van der Waals surface area contributed by atoms with E-state index in [-0.39, 0.29) is 0 Å². The largest absolute Gasteiger partial charge is 0.497 e. The van der Waals surface area contributed by atoms with Crippen molar-refractivity contribution in [3.63, 3.8) is 0 Å². The van der Waals surface area contributed by atoms with Crippen molar-refractivity contribution in [1.29, 1.82) is 0 Å². The van der Waals surface area contributed by atoms with Crippen LogP contribution in [0.15, 0.2) is 18.2 Å². The van der Waals surface area contributed by atoms with E-state index in [1.165, 1.54) is 0 Å². The molecule has 19 heavy (non-hydrogen) atoms. The smallest absolute Gasteiger partial charge is 0.166 e. The molecule has 1 atom stereocenters. The summed E-state index contributed by atoms with van der Waals surface area (Å²) in [6, 6.07) is 5.63. The lowest BCUT2D eigenvalue weighted by atomic mass is 10.00. The molecule has 2 N–H and O–H groups in total. The number of hydrogen-bond donors (Lipinski definition) is 1. The number of fused-ring (bicyclic) bond motifs is 1. The lowest BCUT2D eigenvalue weighted by Gasteiger charge is -2.20. The zero-order chi connectivity index (χ0) is 13.4. The van der Waals surface area contributed by atoms with E-state index in [0.29, 0.717) is 11.6 Å². The van der Waals surface area contributed by atoms with E-state index >= 15 is 0 Å². The topological polar surface area (TPSA) is 66.0 Å². The number of nitrogen functional groups attached to an aromatic ring is 1. The van der Waals surface area contributed by atoms with Crippen molar-refractivity contribution in [2.75, 3.05) is 12.8 Å². The third kappa shape index (κ3) is 2.05. The average Bonchev–Trinajstić information content (AvgIpc) is 2.82. The molecule has 1 aliphatic rings. The minimum Gasteiger partial charge on any atom is -0.497 e. The maximum absolute atomic E-state index is 6.06. The summed E-state index contributed by atoms with van der Waals surface area (Å²) < 4.78 is 7.43. The SMILES string of the molecule is COc1ccc(N)c(-c2nnc3n2CCC(C)C3)c1. The predicted octanol–water partition coefficient (Wildman–Crippen LogP) is 2.12. The van der Waals surface area contributed by atoms with E-state index in [1.807, 2.05) is 18.2 Å². The fourth-order valence-electron chi connectivity index (χ4n) is 2.54. The number of benzene rings is 1. The lowest BCUT2D eigenvalue weighted by Crippen LogP contribution is -2.18. The molecule has 2 aromatic rings. The highest BCUT2D eigenvalue weighted by Crippen LogP contribution is 2.31. The highest BCUT2D eigenvalue weighted by molar-refractivity contribution is 5.73. The van der Waals surface area contributed by atoms with Crippen LogP contribution in [0.2, 0.25) is 0 Å². The lowest BCUT2D eigenvalue weighted by molar-refractivity contribution is 0.410. The summed E-state index contributed by atoms with van der Waals surface area (Å²) in [5.74, 6) is 3.35. The maximum atomic E-state index is 6.06. The molecular weight excluding hydrogens is 240 g/mol. The molecule has 3 rings (SSSR count). The normalized spacial score (nSPS) is 18.1. The molecule has 5 heteroatoms. The van der Waals surface area contributed by atoms with Crippen LogP contribution in [0.3, 0.4) is 0 Å². The van der Waals surface area contributed by atoms with E-state index in [1.54, 1.807) is 7.11 Å². The zero-order valence-corrected chi connectivity index (χ0v) is 11.3. The fraction of sp³-hybridized carbons (Fsp3) is 0.429. The molecule has 5 nitrogen and oxygen atoms in total. The van der Waals surface area contributed by atoms with Crippen molar-refractivity contribution in [1.82, 2.24) is 14.8 Å². The van der Waals surface area contributed by atoms with Crippen molar-refractivity contribution >= 4 is 5.69 Å². The van der Waals surface area contributed by atoms with Gasteiger partial charge in [0.15, 0.2) is 5.82 Å². The van der Waals surface area contributed by atoms with Gasteiger partial charge in [-0.05, 0) is 30.5 Å². The van der Waals surface area contributed by atoms with Crippen LogP contribution < -0.4 is 10.5 Å². The fourth-order valence-corrected chi connectivity index (χ4v) is 2.54. The van der Waals surface area contributed by atoms with Gasteiger partial charge in [0.25, 0.3) is 0 Å². The molecule has 2 heterocycles. The minimum absolute atomic E-state index is 0.673. The molecule has 100 valence electrons. The molecule has 0 saturated carbocycles. The molecule has 0 radical (unpaired) electrons. The molecule has 0 bridgehead atoms. The Morgan fingerprint density at radius 3 is 3.00 bits per heavy atom.